The third-order valence-electron chi connectivity index (χ3n) is 4.11. The number of nitrogens with one attached hydrogen (secondary N) is 2. The highest BCUT2D eigenvalue weighted by Crippen LogP contribution is 2.13. The summed E-state index contributed by atoms with van der Waals surface area (Å²) in [5.41, 5.74) is 2.55. The van der Waals surface area contributed by atoms with Gasteiger partial charge in [-0.2, -0.15) is 0 Å². The van der Waals surface area contributed by atoms with Crippen LogP contribution in [0.5, 0.6) is 5.75 Å². The molecule has 1 amide bonds. The lowest BCUT2D eigenvalue weighted by Crippen LogP contribution is -2.30. The van der Waals surface area contributed by atoms with Gasteiger partial charge in [0.1, 0.15) is 5.75 Å². The standard InChI is InChI=1S/C19H21N3O3/c1-25-15-6-4-5-14(13-15)9-10-18(23)20-11-12-22-17-8-3-2-7-16(17)21-19(22)24/h2-8,13H,9-12H2,1H3,(H,20,23)(H,21,24). The quantitative estimate of drug-likeness (QED) is 0.692. The Morgan fingerprint density at radius 3 is 2.88 bits per heavy atom. The monoisotopic (exact) mass is 339 g/mol. The van der Waals surface area contributed by atoms with Crippen LogP contribution in [0, 0.1) is 0 Å². The topological polar surface area (TPSA) is 76.1 Å². The average Bonchev–Trinajstić information content (AvgIpc) is 2.96. The van der Waals surface area contributed by atoms with Crippen LogP contribution in [0.25, 0.3) is 11.0 Å². The van der Waals surface area contributed by atoms with E-state index in [9.17, 15) is 9.59 Å². The van der Waals surface area contributed by atoms with Crippen LogP contribution < -0.4 is 15.7 Å². The molecule has 3 rings (SSSR count). The third kappa shape index (κ3) is 4.09. The summed E-state index contributed by atoms with van der Waals surface area (Å²) in [6, 6.07) is 15.2. The molecule has 0 atom stereocenters. The summed E-state index contributed by atoms with van der Waals surface area (Å²) >= 11 is 0. The minimum absolute atomic E-state index is 0.0317. The molecule has 0 radical (unpaired) electrons. The lowest BCUT2D eigenvalue weighted by molar-refractivity contribution is -0.121. The SMILES string of the molecule is COc1cccc(CCC(=O)NCCn2c(=O)[nH]c3ccccc32)c1. The molecule has 0 spiro atoms. The molecule has 0 saturated heterocycles. The predicted octanol–water partition coefficient (Wildman–Crippen LogP) is 2.09. The Labute approximate surface area is 145 Å². The molecule has 1 heterocycles. The maximum atomic E-state index is 12.0. The van der Waals surface area contributed by atoms with Crippen molar-refractivity contribution >= 4 is 16.9 Å². The summed E-state index contributed by atoms with van der Waals surface area (Å²) in [5.74, 6) is 0.757. The average molecular weight is 339 g/mol. The second kappa shape index (κ2) is 7.70. The number of para-hydroxylation sites is 2. The van der Waals surface area contributed by atoms with Crippen LogP contribution in [0.15, 0.2) is 53.3 Å². The Morgan fingerprint density at radius 1 is 1.20 bits per heavy atom. The number of nitrogens with zero attached hydrogens (tertiary/aromatic N) is 1. The molecule has 0 aliphatic heterocycles. The molecular weight excluding hydrogens is 318 g/mol. The van der Waals surface area contributed by atoms with Gasteiger partial charge in [0, 0.05) is 19.5 Å². The van der Waals surface area contributed by atoms with Crippen LogP contribution in [0.2, 0.25) is 0 Å². The zero-order valence-electron chi connectivity index (χ0n) is 14.1. The second-order valence-electron chi connectivity index (χ2n) is 5.80. The normalized spacial score (nSPS) is 10.8. The number of aryl methyl sites for hydroxylation is 1. The Morgan fingerprint density at radius 2 is 2.04 bits per heavy atom. The van der Waals surface area contributed by atoms with E-state index in [0.29, 0.717) is 25.9 Å². The van der Waals surface area contributed by atoms with Gasteiger partial charge in [0.25, 0.3) is 0 Å². The summed E-state index contributed by atoms with van der Waals surface area (Å²) in [5, 5.41) is 2.87. The fourth-order valence-corrected chi connectivity index (χ4v) is 2.81. The Hall–Kier alpha value is -3.02. The molecule has 0 unspecified atom stereocenters. The van der Waals surface area contributed by atoms with Crippen molar-refractivity contribution in [3.05, 3.63) is 64.6 Å². The number of aromatic nitrogens is 2. The van der Waals surface area contributed by atoms with Gasteiger partial charge in [0.15, 0.2) is 0 Å². The van der Waals surface area contributed by atoms with Gasteiger partial charge in [-0.3, -0.25) is 9.36 Å². The zero-order chi connectivity index (χ0) is 17.6. The van der Waals surface area contributed by atoms with Crippen molar-refractivity contribution in [2.45, 2.75) is 19.4 Å². The smallest absolute Gasteiger partial charge is 0.326 e. The second-order valence-corrected chi connectivity index (χ2v) is 5.80. The number of methoxy groups -OCH3 is 1. The Bertz CT molecular complexity index is 927. The molecule has 6 heteroatoms. The molecule has 1 aromatic heterocycles. The number of amides is 1. The van der Waals surface area contributed by atoms with Crippen molar-refractivity contribution in [2.75, 3.05) is 13.7 Å². The minimum atomic E-state index is -0.160. The summed E-state index contributed by atoms with van der Waals surface area (Å²) in [7, 11) is 1.62. The summed E-state index contributed by atoms with van der Waals surface area (Å²) in [6.07, 6.45) is 1.05. The van der Waals surface area contributed by atoms with Crippen LogP contribution in [-0.2, 0) is 17.8 Å². The third-order valence-corrected chi connectivity index (χ3v) is 4.11. The number of benzene rings is 2. The van der Waals surface area contributed by atoms with Gasteiger partial charge in [-0.15, -0.1) is 0 Å². The van der Waals surface area contributed by atoms with Crippen molar-refractivity contribution in [2.24, 2.45) is 0 Å². The van der Waals surface area contributed by atoms with E-state index < -0.39 is 0 Å². The molecule has 0 aliphatic carbocycles. The van der Waals surface area contributed by atoms with E-state index in [1.165, 1.54) is 0 Å². The zero-order valence-corrected chi connectivity index (χ0v) is 14.1. The van der Waals surface area contributed by atoms with E-state index in [4.69, 9.17) is 4.74 Å². The lowest BCUT2D eigenvalue weighted by Gasteiger charge is -2.07. The number of ether oxygens (including phenoxy) is 1. The first-order chi connectivity index (χ1) is 12.2. The maximum absolute atomic E-state index is 12.0. The molecule has 0 aliphatic rings. The van der Waals surface area contributed by atoms with Gasteiger partial charge in [-0.25, -0.2) is 4.79 Å². The molecule has 6 nitrogen and oxygen atoms in total. The van der Waals surface area contributed by atoms with Crippen molar-refractivity contribution < 1.29 is 9.53 Å². The van der Waals surface area contributed by atoms with Gasteiger partial charge in [0.05, 0.1) is 18.1 Å². The van der Waals surface area contributed by atoms with Crippen LogP contribution in [-0.4, -0.2) is 29.1 Å². The fraction of sp³-hybridized carbons (Fsp3) is 0.263. The number of aromatic amines is 1. The highest BCUT2D eigenvalue weighted by atomic mass is 16.5. The summed E-state index contributed by atoms with van der Waals surface area (Å²) < 4.78 is 6.81. The number of rotatable bonds is 7. The molecule has 2 N–H and O–H groups in total. The van der Waals surface area contributed by atoms with Gasteiger partial charge in [-0.1, -0.05) is 24.3 Å². The van der Waals surface area contributed by atoms with Crippen molar-refractivity contribution in [3.8, 4) is 5.75 Å². The molecular formula is C19H21N3O3. The van der Waals surface area contributed by atoms with Crippen LogP contribution in [0.3, 0.4) is 0 Å². The number of fused-ring (bicyclic) bond motifs is 1. The minimum Gasteiger partial charge on any atom is -0.497 e. The maximum Gasteiger partial charge on any atom is 0.326 e. The van der Waals surface area contributed by atoms with E-state index in [-0.39, 0.29) is 11.6 Å². The molecule has 130 valence electrons. The number of carbonyl (C=O) groups is 1. The fourth-order valence-electron chi connectivity index (χ4n) is 2.81. The first-order valence-electron chi connectivity index (χ1n) is 8.24. The number of H-pyrrole nitrogens is 1. The van der Waals surface area contributed by atoms with E-state index in [0.717, 1.165) is 22.3 Å². The van der Waals surface area contributed by atoms with Crippen LogP contribution in [0.1, 0.15) is 12.0 Å². The molecule has 25 heavy (non-hydrogen) atoms. The van der Waals surface area contributed by atoms with Crippen molar-refractivity contribution in [3.63, 3.8) is 0 Å². The Kier molecular flexibility index (Phi) is 5.18. The molecule has 3 aromatic rings. The number of carbonyl (C=O) groups excluding carboxylic acids is 1. The van der Waals surface area contributed by atoms with Gasteiger partial charge < -0.3 is 15.0 Å². The molecule has 2 aromatic carbocycles. The van der Waals surface area contributed by atoms with Crippen molar-refractivity contribution in [1.29, 1.82) is 0 Å². The summed E-state index contributed by atoms with van der Waals surface area (Å²) in [6.45, 7) is 0.854. The predicted molar refractivity (Wildman–Crippen MR) is 96.9 cm³/mol. The first kappa shape index (κ1) is 16.8. The van der Waals surface area contributed by atoms with Gasteiger partial charge >= 0.3 is 5.69 Å². The number of hydrogen-bond acceptors (Lipinski definition) is 3. The molecule has 0 fully saturated rings. The van der Waals surface area contributed by atoms with Gasteiger partial charge in [0.2, 0.25) is 5.91 Å². The first-order valence-corrected chi connectivity index (χ1v) is 8.24. The number of hydrogen-bond donors (Lipinski definition) is 2. The molecule has 0 saturated carbocycles. The van der Waals surface area contributed by atoms with E-state index >= 15 is 0 Å². The highest BCUT2D eigenvalue weighted by molar-refractivity contribution is 5.76. The van der Waals surface area contributed by atoms with Crippen LogP contribution in [0.4, 0.5) is 0 Å². The van der Waals surface area contributed by atoms with E-state index in [2.05, 4.69) is 10.3 Å². The summed E-state index contributed by atoms with van der Waals surface area (Å²) in [4.78, 5) is 26.8. The Balaban J connectivity index is 1.50. The largest absolute Gasteiger partial charge is 0.497 e. The molecule has 0 bridgehead atoms. The van der Waals surface area contributed by atoms with Crippen LogP contribution >= 0.6 is 0 Å². The van der Waals surface area contributed by atoms with Gasteiger partial charge in [-0.05, 0) is 36.2 Å². The van der Waals surface area contributed by atoms with Crippen molar-refractivity contribution in [1.82, 2.24) is 14.9 Å². The highest BCUT2D eigenvalue weighted by Gasteiger charge is 2.07. The lowest BCUT2D eigenvalue weighted by atomic mass is 10.1. The van der Waals surface area contributed by atoms with E-state index in [1.54, 1.807) is 11.7 Å². The van der Waals surface area contributed by atoms with E-state index in [1.807, 2.05) is 48.5 Å². The number of imidazole rings is 1.